The van der Waals surface area contributed by atoms with Crippen LogP contribution in [0.1, 0.15) is 37.0 Å². The van der Waals surface area contributed by atoms with E-state index in [4.69, 9.17) is 16.3 Å². The summed E-state index contributed by atoms with van der Waals surface area (Å²) in [6.45, 7) is 3.36. The standard InChI is InChI=1S/C14H15ClFIN2O/c1-8(15)14-18-12-7-11(17)10(16)6-13(12)19(14)9-2-4-20-5-3-9/h6-9H,2-5H2,1H3. The van der Waals surface area contributed by atoms with Crippen LogP contribution in [-0.4, -0.2) is 22.8 Å². The average Bonchev–Trinajstić information content (AvgIpc) is 2.79. The van der Waals surface area contributed by atoms with E-state index in [1.165, 1.54) is 0 Å². The van der Waals surface area contributed by atoms with Gasteiger partial charge in [0.1, 0.15) is 11.6 Å². The molecule has 1 aliphatic rings. The molecule has 20 heavy (non-hydrogen) atoms. The van der Waals surface area contributed by atoms with Crippen molar-refractivity contribution in [3.8, 4) is 0 Å². The van der Waals surface area contributed by atoms with Crippen LogP contribution in [0.15, 0.2) is 12.1 Å². The van der Waals surface area contributed by atoms with Crippen LogP contribution in [0.25, 0.3) is 11.0 Å². The molecule has 1 fully saturated rings. The molecule has 6 heteroatoms. The molecule has 0 radical (unpaired) electrons. The lowest BCUT2D eigenvalue weighted by Crippen LogP contribution is -2.21. The predicted molar refractivity (Wildman–Crippen MR) is 85.8 cm³/mol. The summed E-state index contributed by atoms with van der Waals surface area (Å²) in [5, 5.41) is -0.203. The Morgan fingerprint density at radius 2 is 2.15 bits per heavy atom. The van der Waals surface area contributed by atoms with Crippen LogP contribution < -0.4 is 0 Å². The zero-order valence-electron chi connectivity index (χ0n) is 11.1. The fourth-order valence-corrected chi connectivity index (χ4v) is 3.32. The second kappa shape index (κ2) is 5.77. The maximum Gasteiger partial charge on any atom is 0.138 e. The number of hydrogen-bond acceptors (Lipinski definition) is 2. The Balaban J connectivity index is 2.20. The zero-order chi connectivity index (χ0) is 14.3. The van der Waals surface area contributed by atoms with Gasteiger partial charge in [-0.1, -0.05) is 0 Å². The average molecular weight is 409 g/mol. The van der Waals surface area contributed by atoms with Crippen LogP contribution in [0, 0.1) is 9.39 Å². The summed E-state index contributed by atoms with van der Waals surface area (Å²) in [5.74, 6) is 0.607. The largest absolute Gasteiger partial charge is 0.381 e. The second-order valence-corrected chi connectivity index (χ2v) is 6.87. The summed E-state index contributed by atoms with van der Waals surface area (Å²) in [6, 6.07) is 3.64. The van der Waals surface area contributed by atoms with Crippen LogP contribution in [-0.2, 0) is 4.74 Å². The minimum atomic E-state index is -0.208. The van der Waals surface area contributed by atoms with Gasteiger partial charge in [0.2, 0.25) is 0 Å². The Bertz CT molecular complexity index is 638. The van der Waals surface area contributed by atoms with E-state index in [0.717, 1.165) is 42.9 Å². The van der Waals surface area contributed by atoms with Crippen LogP contribution in [0.2, 0.25) is 0 Å². The molecule has 1 saturated heterocycles. The Morgan fingerprint density at radius 3 is 2.80 bits per heavy atom. The number of halogens is 3. The normalized spacial score (nSPS) is 18.6. The van der Waals surface area contributed by atoms with Gasteiger partial charge in [-0.2, -0.15) is 0 Å². The van der Waals surface area contributed by atoms with Gasteiger partial charge < -0.3 is 9.30 Å². The van der Waals surface area contributed by atoms with Crippen molar-refractivity contribution in [1.29, 1.82) is 0 Å². The number of aromatic nitrogens is 2. The molecule has 0 amide bonds. The van der Waals surface area contributed by atoms with Gasteiger partial charge in [0.15, 0.2) is 0 Å². The van der Waals surface area contributed by atoms with Gasteiger partial charge >= 0.3 is 0 Å². The third-order valence-corrected chi connectivity index (χ3v) is 4.69. The van der Waals surface area contributed by atoms with Crippen molar-refractivity contribution in [2.75, 3.05) is 13.2 Å². The molecule has 0 aliphatic carbocycles. The summed E-state index contributed by atoms with van der Waals surface area (Å²) in [5.41, 5.74) is 1.64. The highest BCUT2D eigenvalue weighted by molar-refractivity contribution is 14.1. The molecular formula is C14H15ClFIN2O. The lowest BCUT2D eigenvalue weighted by atomic mass is 10.1. The van der Waals surface area contributed by atoms with E-state index in [1.54, 1.807) is 12.1 Å². The van der Waals surface area contributed by atoms with Gasteiger partial charge in [0.25, 0.3) is 0 Å². The van der Waals surface area contributed by atoms with E-state index < -0.39 is 0 Å². The summed E-state index contributed by atoms with van der Waals surface area (Å²) < 4.78 is 22.0. The molecule has 1 aliphatic heterocycles. The van der Waals surface area contributed by atoms with Gasteiger partial charge in [-0.05, 0) is 48.4 Å². The van der Waals surface area contributed by atoms with Crippen LogP contribution in [0.4, 0.5) is 4.39 Å². The maximum absolute atomic E-state index is 13.9. The first kappa shape index (κ1) is 14.5. The Hall–Kier alpha value is -0.400. The smallest absolute Gasteiger partial charge is 0.138 e. The summed E-state index contributed by atoms with van der Waals surface area (Å²) in [4.78, 5) is 4.61. The quantitative estimate of drug-likeness (QED) is 0.543. The van der Waals surface area contributed by atoms with Crippen LogP contribution >= 0.6 is 34.2 Å². The molecule has 1 unspecified atom stereocenters. The third kappa shape index (κ3) is 2.55. The predicted octanol–water partition coefficient (Wildman–Crippen LogP) is 4.43. The molecule has 1 aromatic heterocycles. The molecule has 1 atom stereocenters. The van der Waals surface area contributed by atoms with Crippen LogP contribution in [0.5, 0.6) is 0 Å². The van der Waals surface area contributed by atoms with Gasteiger partial charge in [-0.15, -0.1) is 11.6 Å². The molecule has 3 nitrogen and oxygen atoms in total. The SMILES string of the molecule is CC(Cl)c1nc2cc(I)c(F)cc2n1C1CCOCC1. The van der Waals surface area contributed by atoms with Crippen molar-refractivity contribution < 1.29 is 9.13 Å². The maximum atomic E-state index is 13.9. The first-order valence-electron chi connectivity index (χ1n) is 6.66. The summed E-state index contributed by atoms with van der Waals surface area (Å²) in [6.07, 6.45) is 1.82. The molecule has 108 valence electrons. The second-order valence-electron chi connectivity index (χ2n) is 5.05. The first-order chi connectivity index (χ1) is 9.58. The van der Waals surface area contributed by atoms with E-state index in [2.05, 4.69) is 9.55 Å². The highest BCUT2D eigenvalue weighted by Gasteiger charge is 2.24. The first-order valence-corrected chi connectivity index (χ1v) is 8.18. The van der Waals surface area contributed by atoms with Crippen molar-refractivity contribution >= 4 is 45.2 Å². The number of ether oxygens (including phenoxy) is 1. The van der Waals surface area contributed by atoms with Crippen molar-refractivity contribution in [3.05, 3.63) is 27.3 Å². The van der Waals surface area contributed by atoms with Crippen molar-refractivity contribution in [1.82, 2.24) is 9.55 Å². The van der Waals surface area contributed by atoms with E-state index in [-0.39, 0.29) is 17.2 Å². The molecule has 2 heterocycles. The monoisotopic (exact) mass is 408 g/mol. The molecule has 0 N–H and O–H groups in total. The highest BCUT2D eigenvalue weighted by Crippen LogP contribution is 2.33. The number of fused-ring (bicyclic) bond motifs is 1. The topological polar surface area (TPSA) is 27.1 Å². The lowest BCUT2D eigenvalue weighted by Gasteiger charge is -2.26. The third-order valence-electron chi connectivity index (χ3n) is 3.67. The zero-order valence-corrected chi connectivity index (χ0v) is 14.0. The molecule has 0 spiro atoms. The number of nitrogens with zero attached hydrogens (tertiary/aromatic N) is 2. The number of rotatable bonds is 2. The van der Waals surface area contributed by atoms with E-state index in [9.17, 15) is 4.39 Å². The minimum absolute atomic E-state index is 0.203. The van der Waals surface area contributed by atoms with Gasteiger partial charge in [0.05, 0.1) is 20.0 Å². The molecule has 3 rings (SSSR count). The van der Waals surface area contributed by atoms with Crippen molar-refractivity contribution in [2.24, 2.45) is 0 Å². The lowest BCUT2D eigenvalue weighted by molar-refractivity contribution is 0.0698. The van der Waals surface area contributed by atoms with E-state index >= 15 is 0 Å². The van der Waals surface area contributed by atoms with Gasteiger partial charge in [-0.3, -0.25) is 0 Å². The molecule has 2 aromatic rings. The van der Waals surface area contributed by atoms with Crippen molar-refractivity contribution in [2.45, 2.75) is 31.2 Å². The number of benzene rings is 1. The Morgan fingerprint density at radius 1 is 1.45 bits per heavy atom. The highest BCUT2D eigenvalue weighted by atomic mass is 127. The number of imidazole rings is 1. The Kier molecular flexibility index (Phi) is 4.19. The minimum Gasteiger partial charge on any atom is -0.381 e. The number of hydrogen-bond donors (Lipinski definition) is 0. The van der Waals surface area contributed by atoms with Crippen molar-refractivity contribution in [3.63, 3.8) is 0 Å². The fraction of sp³-hybridized carbons (Fsp3) is 0.500. The fourth-order valence-electron chi connectivity index (χ4n) is 2.72. The van der Waals surface area contributed by atoms with Crippen LogP contribution in [0.3, 0.4) is 0 Å². The van der Waals surface area contributed by atoms with Gasteiger partial charge in [-0.25, -0.2) is 9.37 Å². The summed E-state index contributed by atoms with van der Waals surface area (Å²) >= 11 is 8.26. The molecular weight excluding hydrogens is 394 g/mol. The Labute approximate surface area is 135 Å². The molecule has 0 bridgehead atoms. The number of alkyl halides is 1. The van der Waals surface area contributed by atoms with Gasteiger partial charge in [0, 0.05) is 25.3 Å². The molecule has 0 saturated carbocycles. The van der Waals surface area contributed by atoms with E-state index in [0.29, 0.717) is 3.57 Å². The van der Waals surface area contributed by atoms with E-state index in [1.807, 2.05) is 29.5 Å². The summed E-state index contributed by atoms with van der Waals surface area (Å²) in [7, 11) is 0. The molecule has 1 aromatic carbocycles.